The van der Waals surface area contributed by atoms with Gasteiger partial charge in [-0.15, -0.1) is 0 Å². The van der Waals surface area contributed by atoms with Crippen LogP contribution in [0.1, 0.15) is 8.29 Å². The normalized spacial score (nSPS) is 18.4. The number of rotatable bonds is 5. The molecule has 0 aromatic rings. The Kier molecular flexibility index (Phi) is 4.15. The molecular weight excluding hydrogens is 162 g/mol. The van der Waals surface area contributed by atoms with E-state index in [-0.39, 0.29) is 6.54 Å². The van der Waals surface area contributed by atoms with Gasteiger partial charge in [-0.2, -0.15) is 0 Å². The standard InChI is InChI=1S/C6H11N3O3/c1-4(3-10)6(12)5(11)2-8-9-7/h3-6,11-12H,2H2,1H3/t4-,5+,6-/m0/s1/i3D. The highest BCUT2D eigenvalue weighted by Gasteiger charge is 2.21. The average Bonchev–Trinajstić information content (AvgIpc) is 2.11. The maximum Gasteiger partial charge on any atom is 0.125 e. The zero-order chi connectivity index (χ0) is 10.4. The summed E-state index contributed by atoms with van der Waals surface area (Å²) < 4.78 is 6.67. The molecule has 0 aliphatic rings. The topological polar surface area (TPSA) is 106 Å². The quantitative estimate of drug-likeness (QED) is 0.262. The lowest BCUT2D eigenvalue weighted by molar-refractivity contribution is -0.116. The van der Waals surface area contributed by atoms with E-state index in [0.29, 0.717) is 0 Å². The van der Waals surface area contributed by atoms with Crippen LogP contribution >= 0.6 is 0 Å². The van der Waals surface area contributed by atoms with Gasteiger partial charge in [0.1, 0.15) is 7.63 Å². The molecule has 0 aliphatic heterocycles. The lowest BCUT2D eigenvalue weighted by Gasteiger charge is -2.17. The smallest absolute Gasteiger partial charge is 0.125 e. The fraction of sp³-hybridized carbons (Fsp3) is 0.833. The molecule has 0 amide bonds. The van der Waals surface area contributed by atoms with E-state index < -0.39 is 24.4 Å². The Bertz CT molecular complexity index is 229. The van der Waals surface area contributed by atoms with Crippen molar-refractivity contribution in [3.63, 3.8) is 0 Å². The van der Waals surface area contributed by atoms with Gasteiger partial charge in [0.05, 0.1) is 18.8 Å². The SMILES string of the molecule is [2H]C(=O)[C@H](C)[C@H](O)[C@H](O)CN=[N+]=[N-]. The van der Waals surface area contributed by atoms with E-state index in [1.807, 2.05) is 0 Å². The van der Waals surface area contributed by atoms with Gasteiger partial charge in [-0.05, 0) is 5.53 Å². The minimum atomic E-state index is -1.37. The van der Waals surface area contributed by atoms with Crippen molar-refractivity contribution >= 4 is 6.26 Å². The summed E-state index contributed by atoms with van der Waals surface area (Å²) in [7, 11) is 0. The average molecular weight is 174 g/mol. The fourth-order valence-corrected chi connectivity index (χ4v) is 0.631. The van der Waals surface area contributed by atoms with E-state index in [4.69, 9.17) is 12.0 Å². The summed E-state index contributed by atoms with van der Waals surface area (Å²) in [5, 5.41) is 21.4. The zero-order valence-corrected chi connectivity index (χ0v) is 6.58. The molecule has 68 valence electrons. The Labute approximate surface area is 70.9 Å². The molecule has 0 heterocycles. The van der Waals surface area contributed by atoms with Crippen molar-refractivity contribution in [1.29, 1.82) is 0 Å². The van der Waals surface area contributed by atoms with E-state index in [2.05, 4.69) is 10.0 Å². The van der Waals surface area contributed by atoms with Crippen LogP contribution in [0.15, 0.2) is 5.11 Å². The van der Waals surface area contributed by atoms with Crippen LogP contribution in [0.2, 0.25) is 0 Å². The molecule has 0 saturated heterocycles. The van der Waals surface area contributed by atoms with Gasteiger partial charge >= 0.3 is 0 Å². The van der Waals surface area contributed by atoms with E-state index in [1.165, 1.54) is 6.92 Å². The van der Waals surface area contributed by atoms with Crippen LogP contribution in [0.3, 0.4) is 0 Å². The van der Waals surface area contributed by atoms with Crippen LogP contribution in [-0.2, 0) is 4.79 Å². The highest BCUT2D eigenvalue weighted by molar-refractivity contribution is 5.53. The van der Waals surface area contributed by atoms with Gasteiger partial charge in [-0.25, -0.2) is 0 Å². The molecule has 0 aromatic heterocycles. The van der Waals surface area contributed by atoms with Crippen molar-refractivity contribution < 1.29 is 16.4 Å². The second-order valence-electron chi connectivity index (χ2n) is 2.38. The summed E-state index contributed by atoms with van der Waals surface area (Å²) in [6.07, 6.45) is -3.64. The van der Waals surface area contributed by atoms with Crippen LogP contribution in [0, 0.1) is 5.92 Å². The minimum absolute atomic E-state index is 0.310. The molecule has 0 bridgehead atoms. The summed E-state index contributed by atoms with van der Waals surface area (Å²) >= 11 is 0. The van der Waals surface area contributed by atoms with Crippen LogP contribution in [0.4, 0.5) is 0 Å². The molecule has 3 atom stereocenters. The fourth-order valence-electron chi connectivity index (χ4n) is 0.631. The molecule has 0 aliphatic carbocycles. The maximum absolute atomic E-state index is 10.5. The molecule has 0 aromatic carbocycles. The second-order valence-corrected chi connectivity index (χ2v) is 2.38. The Hall–Kier alpha value is -1.10. The molecule has 0 saturated carbocycles. The zero-order valence-electron chi connectivity index (χ0n) is 7.58. The molecule has 0 spiro atoms. The van der Waals surface area contributed by atoms with Crippen molar-refractivity contribution in [1.82, 2.24) is 0 Å². The Balaban J connectivity index is 4.15. The van der Waals surface area contributed by atoms with Crippen LogP contribution in [0.5, 0.6) is 0 Å². The lowest BCUT2D eigenvalue weighted by Crippen LogP contribution is -2.34. The Morgan fingerprint density at radius 3 is 2.83 bits per heavy atom. The van der Waals surface area contributed by atoms with E-state index >= 15 is 0 Å². The van der Waals surface area contributed by atoms with Crippen LogP contribution < -0.4 is 0 Å². The lowest BCUT2D eigenvalue weighted by atomic mass is 10.0. The number of aliphatic hydroxyl groups excluding tert-OH is 2. The highest BCUT2D eigenvalue weighted by Crippen LogP contribution is 2.04. The van der Waals surface area contributed by atoms with Gasteiger partial charge in [0, 0.05) is 10.8 Å². The summed E-state index contributed by atoms with van der Waals surface area (Å²) in [4.78, 5) is 12.8. The summed E-state index contributed by atoms with van der Waals surface area (Å²) in [5.41, 5.74) is 7.91. The molecule has 2 N–H and O–H groups in total. The number of carbonyl (C=O) groups is 1. The largest absolute Gasteiger partial charge is 0.390 e. The third-order valence-corrected chi connectivity index (χ3v) is 1.42. The van der Waals surface area contributed by atoms with Gasteiger partial charge in [-0.3, -0.25) is 0 Å². The minimum Gasteiger partial charge on any atom is -0.390 e. The first-order chi connectivity index (χ1) is 6.00. The molecular formula is C6H11N3O3. The first-order valence-corrected chi connectivity index (χ1v) is 3.38. The van der Waals surface area contributed by atoms with Crippen molar-refractivity contribution in [2.75, 3.05) is 6.54 Å². The summed E-state index contributed by atoms with van der Waals surface area (Å²) in [5.74, 6) is -0.983. The van der Waals surface area contributed by atoms with Crippen LogP contribution in [-0.4, -0.2) is 35.2 Å². The van der Waals surface area contributed by atoms with Crippen molar-refractivity contribution in [2.45, 2.75) is 19.1 Å². The molecule has 6 nitrogen and oxygen atoms in total. The second kappa shape index (κ2) is 5.54. The number of aldehydes is 1. The number of nitrogens with zero attached hydrogens (tertiary/aromatic N) is 3. The van der Waals surface area contributed by atoms with Gasteiger partial charge in [-0.1, -0.05) is 12.0 Å². The van der Waals surface area contributed by atoms with Gasteiger partial charge in [0.15, 0.2) is 0 Å². The summed E-state index contributed by atoms with van der Waals surface area (Å²) in [6.45, 7) is 1.01. The van der Waals surface area contributed by atoms with E-state index in [0.717, 1.165) is 0 Å². The number of azide groups is 1. The predicted molar refractivity (Wildman–Crippen MR) is 41.3 cm³/mol. The first-order valence-electron chi connectivity index (χ1n) is 3.88. The highest BCUT2D eigenvalue weighted by atomic mass is 16.3. The van der Waals surface area contributed by atoms with Gasteiger partial charge in [0.25, 0.3) is 0 Å². The van der Waals surface area contributed by atoms with E-state index in [9.17, 15) is 9.90 Å². The number of hydrogen-bond donors (Lipinski definition) is 2. The number of carbonyl (C=O) groups excluding carboxylic acids is 1. The number of aliphatic hydroxyl groups is 2. The Morgan fingerprint density at radius 1 is 1.83 bits per heavy atom. The third-order valence-electron chi connectivity index (χ3n) is 1.42. The van der Waals surface area contributed by atoms with Crippen LogP contribution in [0.25, 0.3) is 10.4 Å². The maximum atomic E-state index is 10.5. The molecule has 6 heteroatoms. The van der Waals surface area contributed by atoms with Gasteiger partial charge in [0.2, 0.25) is 0 Å². The Morgan fingerprint density at radius 2 is 2.42 bits per heavy atom. The van der Waals surface area contributed by atoms with E-state index in [1.54, 1.807) is 0 Å². The predicted octanol–water partition coefficient (Wildman–Crippen LogP) is -0.147. The molecule has 0 radical (unpaired) electrons. The first kappa shape index (κ1) is 8.99. The molecule has 12 heavy (non-hydrogen) atoms. The molecule has 0 fully saturated rings. The van der Waals surface area contributed by atoms with Crippen molar-refractivity contribution in [3.8, 4) is 0 Å². The van der Waals surface area contributed by atoms with Crippen molar-refractivity contribution in [2.24, 2.45) is 11.0 Å². The van der Waals surface area contributed by atoms with Crippen molar-refractivity contribution in [3.05, 3.63) is 10.4 Å². The molecule has 0 unspecified atom stereocenters. The number of hydrogen-bond acceptors (Lipinski definition) is 4. The molecule has 0 rings (SSSR count). The monoisotopic (exact) mass is 174 g/mol. The summed E-state index contributed by atoms with van der Waals surface area (Å²) in [6, 6.07) is 0. The third kappa shape index (κ3) is 3.34. The van der Waals surface area contributed by atoms with Gasteiger partial charge < -0.3 is 15.0 Å².